The molecule has 2 fully saturated rings. The summed E-state index contributed by atoms with van der Waals surface area (Å²) < 4.78 is 0. The molecule has 3 nitrogen and oxygen atoms in total. The summed E-state index contributed by atoms with van der Waals surface area (Å²) in [6.07, 6.45) is 6.50. The standard InChI is InChI=1S/C18H26N2O/c21-18(14-17-9-4-11-19-17)20-12-5-8-16(10-13-20)15-6-2-1-3-7-15/h1-3,6-7,16-17,19H,4-5,8-14H2. The van der Waals surface area contributed by atoms with Gasteiger partial charge in [0.2, 0.25) is 5.91 Å². The topological polar surface area (TPSA) is 32.3 Å². The molecule has 2 aliphatic rings. The van der Waals surface area contributed by atoms with E-state index >= 15 is 0 Å². The van der Waals surface area contributed by atoms with Crippen molar-refractivity contribution in [3.8, 4) is 0 Å². The molecule has 1 aromatic rings. The van der Waals surface area contributed by atoms with Crippen LogP contribution >= 0.6 is 0 Å². The molecule has 0 radical (unpaired) electrons. The summed E-state index contributed by atoms with van der Waals surface area (Å²) in [5.74, 6) is 0.969. The number of carbonyl (C=O) groups excluding carboxylic acids is 1. The summed E-state index contributed by atoms with van der Waals surface area (Å²) in [6.45, 7) is 2.94. The normalized spacial score (nSPS) is 26.6. The van der Waals surface area contributed by atoms with E-state index in [9.17, 15) is 4.79 Å². The van der Waals surface area contributed by atoms with Crippen molar-refractivity contribution in [3.05, 3.63) is 35.9 Å². The Balaban J connectivity index is 1.54. The van der Waals surface area contributed by atoms with Crippen LogP contribution in [0.25, 0.3) is 0 Å². The average Bonchev–Trinajstić information content (AvgIpc) is 2.89. The second-order valence-corrected chi connectivity index (χ2v) is 6.42. The van der Waals surface area contributed by atoms with E-state index in [1.165, 1.54) is 18.4 Å². The van der Waals surface area contributed by atoms with Crippen LogP contribution < -0.4 is 5.32 Å². The summed E-state index contributed by atoms with van der Waals surface area (Å²) >= 11 is 0. The summed E-state index contributed by atoms with van der Waals surface area (Å²) in [4.78, 5) is 14.5. The van der Waals surface area contributed by atoms with Crippen molar-refractivity contribution in [2.24, 2.45) is 0 Å². The molecule has 2 heterocycles. The zero-order valence-corrected chi connectivity index (χ0v) is 12.8. The molecule has 0 bridgehead atoms. The Bertz CT molecular complexity index is 454. The van der Waals surface area contributed by atoms with Crippen LogP contribution in [0.15, 0.2) is 30.3 Å². The highest BCUT2D eigenvalue weighted by Crippen LogP contribution is 2.28. The Kier molecular flexibility index (Phi) is 4.91. The van der Waals surface area contributed by atoms with Gasteiger partial charge in [-0.1, -0.05) is 30.3 Å². The van der Waals surface area contributed by atoms with Gasteiger partial charge in [-0.2, -0.15) is 0 Å². The third kappa shape index (κ3) is 3.85. The SMILES string of the molecule is O=C(CC1CCCN1)N1CCCC(c2ccccc2)CC1. The Morgan fingerprint density at radius 1 is 1.10 bits per heavy atom. The third-order valence-electron chi connectivity index (χ3n) is 4.94. The minimum atomic E-state index is 0.350. The first kappa shape index (κ1) is 14.6. The molecule has 0 aromatic heterocycles. The molecule has 1 N–H and O–H groups in total. The predicted molar refractivity (Wildman–Crippen MR) is 85.3 cm³/mol. The van der Waals surface area contributed by atoms with Crippen LogP contribution in [0, 0.1) is 0 Å². The number of benzene rings is 1. The van der Waals surface area contributed by atoms with E-state index < -0.39 is 0 Å². The highest BCUT2D eigenvalue weighted by Gasteiger charge is 2.24. The number of amides is 1. The second kappa shape index (κ2) is 7.08. The van der Waals surface area contributed by atoms with Gasteiger partial charge >= 0.3 is 0 Å². The maximum atomic E-state index is 12.4. The molecule has 21 heavy (non-hydrogen) atoms. The van der Waals surface area contributed by atoms with E-state index in [1.807, 2.05) is 0 Å². The number of nitrogens with zero attached hydrogens (tertiary/aromatic N) is 1. The number of likely N-dealkylation sites (tertiary alicyclic amines) is 1. The van der Waals surface area contributed by atoms with Gasteiger partial charge in [-0.3, -0.25) is 4.79 Å². The van der Waals surface area contributed by atoms with Crippen molar-refractivity contribution in [1.29, 1.82) is 0 Å². The van der Waals surface area contributed by atoms with Crippen LogP contribution in [0.4, 0.5) is 0 Å². The second-order valence-electron chi connectivity index (χ2n) is 6.42. The molecular formula is C18H26N2O. The van der Waals surface area contributed by atoms with Crippen molar-refractivity contribution < 1.29 is 4.79 Å². The van der Waals surface area contributed by atoms with Crippen molar-refractivity contribution in [2.75, 3.05) is 19.6 Å². The Morgan fingerprint density at radius 2 is 1.95 bits per heavy atom. The minimum absolute atomic E-state index is 0.350. The van der Waals surface area contributed by atoms with Gasteiger partial charge in [-0.15, -0.1) is 0 Å². The van der Waals surface area contributed by atoms with E-state index in [2.05, 4.69) is 40.5 Å². The van der Waals surface area contributed by atoms with Gasteiger partial charge in [0.25, 0.3) is 0 Å². The summed E-state index contributed by atoms with van der Waals surface area (Å²) in [5.41, 5.74) is 1.43. The molecule has 2 atom stereocenters. The molecule has 2 aliphatic heterocycles. The first-order chi connectivity index (χ1) is 10.3. The van der Waals surface area contributed by atoms with Gasteiger partial charge in [-0.25, -0.2) is 0 Å². The molecule has 0 spiro atoms. The molecule has 2 unspecified atom stereocenters. The largest absolute Gasteiger partial charge is 0.343 e. The first-order valence-corrected chi connectivity index (χ1v) is 8.39. The molecular weight excluding hydrogens is 260 g/mol. The Morgan fingerprint density at radius 3 is 2.71 bits per heavy atom. The summed E-state index contributed by atoms with van der Waals surface area (Å²) in [7, 11) is 0. The van der Waals surface area contributed by atoms with Crippen LogP contribution in [0.5, 0.6) is 0 Å². The van der Waals surface area contributed by atoms with Crippen molar-refractivity contribution in [1.82, 2.24) is 10.2 Å². The minimum Gasteiger partial charge on any atom is -0.343 e. The summed E-state index contributed by atoms with van der Waals surface area (Å²) in [5, 5.41) is 3.43. The van der Waals surface area contributed by atoms with E-state index in [-0.39, 0.29) is 0 Å². The van der Waals surface area contributed by atoms with Crippen LogP contribution in [-0.2, 0) is 4.79 Å². The van der Waals surface area contributed by atoms with Gasteiger partial charge in [-0.05, 0) is 50.1 Å². The first-order valence-electron chi connectivity index (χ1n) is 8.39. The van der Waals surface area contributed by atoms with Crippen molar-refractivity contribution in [2.45, 2.75) is 50.5 Å². The zero-order chi connectivity index (χ0) is 14.5. The molecule has 3 heteroatoms. The van der Waals surface area contributed by atoms with Crippen LogP contribution in [0.1, 0.15) is 50.0 Å². The Hall–Kier alpha value is -1.35. The van der Waals surface area contributed by atoms with Gasteiger partial charge in [0, 0.05) is 25.6 Å². The molecule has 1 amide bonds. The van der Waals surface area contributed by atoms with E-state index in [4.69, 9.17) is 0 Å². The van der Waals surface area contributed by atoms with Gasteiger partial charge in [0.1, 0.15) is 0 Å². The molecule has 0 aliphatic carbocycles. The van der Waals surface area contributed by atoms with Crippen molar-refractivity contribution >= 4 is 5.91 Å². The van der Waals surface area contributed by atoms with Gasteiger partial charge in [0.15, 0.2) is 0 Å². The van der Waals surface area contributed by atoms with Crippen LogP contribution in [0.2, 0.25) is 0 Å². The number of carbonyl (C=O) groups is 1. The van der Waals surface area contributed by atoms with Gasteiger partial charge in [0.05, 0.1) is 0 Å². The molecule has 114 valence electrons. The Labute approximate surface area is 127 Å². The number of hydrogen-bond acceptors (Lipinski definition) is 2. The maximum absolute atomic E-state index is 12.4. The third-order valence-corrected chi connectivity index (χ3v) is 4.94. The average molecular weight is 286 g/mol. The lowest BCUT2D eigenvalue weighted by Crippen LogP contribution is -2.36. The molecule has 3 rings (SSSR count). The van der Waals surface area contributed by atoms with E-state index in [0.717, 1.165) is 38.9 Å². The van der Waals surface area contributed by atoms with Gasteiger partial charge < -0.3 is 10.2 Å². The quantitative estimate of drug-likeness (QED) is 0.926. The number of hydrogen-bond donors (Lipinski definition) is 1. The zero-order valence-electron chi connectivity index (χ0n) is 12.8. The lowest BCUT2D eigenvalue weighted by atomic mass is 9.92. The number of nitrogens with one attached hydrogen (secondary N) is 1. The van der Waals surface area contributed by atoms with Crippen molar-refractivity contribution in [3.63, 3.8) is 0 Å². The lowest BCUT2D eigenvalue weighted by molar-refractivity contribution is -0.131. The van der Waals surface area contributed by atoms with Crippen LogP contribution in [0.3, 0.4) is 0 Å². The molecule has 2 saturated heterocycles. The smallest absolute Gasteiger partial charge is 0.224 e. The summed E-state index contributed by atoms with van der Waals surface area (Å²) in [6, 6.07) is 11.2. The highest BCUT2D eigenvalue weighted by atomic mass is 16.2. The van der Waals surface area contributed by atoms with E-state index in [0.29, 0.717) is 24.3 Å². The number of rotatable bonds is 3. The fourth-order valence-electron chi connectivity index (χ4n) is 3.68. The highest BCUT2D eigenvalue weighted by molar-refractivity contribution is 5.76. The fourth-order valence-corrected chi connectivity index (χ4v) is 3.68. The molecule has 1 aromatic carbocycles. The van der Waals surface area contributed by atoms with E-state index in [1.54, 1.807) is 0 Å². The van der Waals surface area contributed by atoms with Crippen LogP contribution in [-0.4, -0.2) is 36.5 Å². The molecule has 0 saturated carbocycles. The lowest BCUT2D eigenvalue weighted by Gasteiger charge is -2.22. The fraction of sp³-hybridized carbons (Fsp3) is 0.611. The maximum Gasteiger partial charge on any atom is 0.224 e. The monoisotopic (exact) mass is 286 g/mol. The predicted octanol–water partition coefficient (Wildman–Crippen LogP) is 2.92.